The van der Waals surface area contributed by atoms with Gasteiger partial charge in [-0.05, 0) is 94.0 Å². The molecule has 13 heteroatoms. The molecule has 0 saturated carbocycles. The Labute approximate surface area is 296 Å². The number of hydrogen-bond donors (Lipinski definition) is 5. The molecule has 0 saturated heterocycles. The molecule has 47 heavy (non-hydrogen) atoms. The third kappa shape index (κ3) is 18.3. The second kappa shape index (κ2) is 24.3. The van der Waals surface area contributed by atoms with E-state index < -0.39 is 5.91 Å². The lowest BCUT2D eigenvalue weighted by atomic mass is 10.0. The van der Waals surface area contributed by atoms with Crippen molar-refractivity contribution in [3.8, 4) is 5.75 Å². The van der Waals surface area contributed by atoms with Crippen LogP contribution in [-0.2, 0) is 27.3 Å². The fraction of sp³-hybridized carbons (Fsp3) is 0.588. The van der Waals surface area contributed by atoms with Crippen LogP contribution in [0.5, 0.6) is 5.75 Å². The SMILES string of the molecule is CC(C)CCCCC=CCCCCCCCC(=O)ONCCCOc1c(Br)cc(CC(=NO)C(=O)NCCc2cnc(N)[nH]2)cc1Br. The maximum atomic E-state index is 12.5. The van der Waals surface area contributed by atoms with Gasteiger partial charge < -0.3 is 30.8 Å². The Bertz CT molecular complexity index is 1240. The largest absolute Gasteiger partial charge is 0.491 e. The molecule has 0 radical (unpaired) electrons. The molecule has 1 heterocycles. The minimum atomic E-state index is -0.474. The van der Waals surface area contributed by atoms with Crippen molar-refractivity contribution >= 4 is 55.4 Å². The summed E-state index contributed by atoms with van der Waals surface area (Å²) < 4.78 is 7.27. The van der Waals surface area contributed by atoms with E-state index in [1.54, 1.807) is 18.3 Å². The number of allylic oxidation sites excluding steroid dienone is 2. The van der Waals surface area contributed by atoms with E-state index >= 15 is 0 Å². The molecule has 0 bridgehead atoms. The van der Waals surface area contributed by atoms with Gasteiger partial charge in [0.05, 0.1) is 21.7 Å². The molecule has 6 N–H and O–H groups in total. The number of H-pyrrole nitrogens is 1. The van der Waals surface area contributed by atoms with Gasteiger partial charge >= 0.3 is 5.97 Å². The molecule has 0 fully saturated rings. The first-order valence-electron chi connectivity index (χ1n) is 16.7. The van der Waals surface area contributed by atoms with Crippen LogP contribution in [0.2, 0.25) is 0 Å². The fourth-order valence-corrected chi connectivity index (χ4v) is 6.25. The number of aromatic nitrogens is 2. The highest BCUT2D eigenvalue weighted by Gasteiger charge is 2.16. The van der Waals surface area contributed by atoms with Crippen LogP contribution < -0.4 is 21.3 Å². The Hall–Kier alpha value is -2.90. The molecule has 0 aliphatic heterocycles. The molecule has 262 valence electrons. The van der Waals surface area contributed by atoms with E-state index in [0.717, 1.165) is 42.9 Å². The Morgan fingerprint density at radius 1 is 1.02 bits per heavy atom. The van der Waals surface area contributed by atoms with Crippen LogP contribution >= 0.6 is 31.9 Å². The average molecular weight is 785 g/mol. The van der Waals surface area contributed by atoms with Crippen molar-refractivity contribution in [3.63, 3.8) is 0 Å². The van der Waals surface area contributed by atoms with Crippen molar-refractivity contribution in [3.05, 3.63) is 50.7 Å². The Morgan fingerprint density at radius 3 is 2.36 bits per heavy atom. The van der Waals surface area contributed by atoms with E-state index in [1.807, 2.05) is 0 Å². The molecule has 0 aliphatic rings. The van der Waals surface area contributed by atoms with Crippen LogP contribution in [0.3, 0.4) is 0 Å². The second-order valence-corrected chi connectivity index (χ2v) is 13.6. The van der Waals surface area contributed by atoms with Gasteiger partial charge in [0.25, 0.3) is 5.91 Å². The molecule has 1 aromatic carbocycles. The molecule has 2 aromatic rings. The number of imidazole rings is 1. The number of aromatic amines is 1. The number of unbranched alkanes of at least 4 members (excludes halogenated alkanes) is 7. The highest BCUT2D eigenvalue weighted by atomic mass is 79.9. The number of nitrogens with zero attached hydrogens (tertiary/aromatic N) is 2. The molecule has 1 aromatic heterocycles. The third-order valence-corrected chi connectivity index (χ3v) is 8.49. The summed E-state index contributed by atoms with van der Waals surface area (Å²) in [4.78, 5) is 36.4. The topological polar surface area (TPSA) is 164 Å². The zero-order valence-electron chi connectivity index (χ0n) is 27.8. The minimum absolute atomic E-state index is 0.0243. The number of nitrogens with two attached hydrogens (primary N) is 1. The predicted octanol–water partition coefficient (Wildman–Crippen LogP) is 7.57. The fourth-order valence-electron chi connectivity index (χ4n) is 4.74. The first-order chi connectivity index (χ1) is 22.7. The molecule has 0 unspecified atom stereocenters. The maximum absolute atomic E-state index is 12.5. The smallest absolute Gasteiger partial charge is 0.324 e. The number of oxime groups is 1. The van der Waals surface area contributed by atoms with Gasteiger partial charge in [-0.15, -0.1) is 0 Å². The monoisotopic (exact) mass is 782 g/mol. The van der Waals surface area contributed by atoms with Crippen molar-refractivity contribution in [1.29, 1.82) is 0 Å². The lowest BCUT2D eigenvalue weighted by Gasteiger charge is -2.13. The number of nitrogen functional groups attached to an aromatic ring is 1. The molecule has 0 atom stereocenters. The van der Waals surface area contributed by atoms with E-state index in [9.17, 15) is 14.8 Å². The van der Waals surface area contributed by atoms with Crippen molar-refractivity contribution < 1.29 is 24.4 Å². The molecule has 0 aliphatic carbocycles. The molecule has 11 nitrogen and oxygen atoms in total. The standard InChI is InChI=1S/C34H52Br2N6O5/c1-25(2)15-12-10-8-6-4-3-5-7-9-11-13-16-31(43)47-40-18-14-20-46-32-28(35)21-26(22-29(32)36)23-30(42-45)33(44)38-19-17-27-24-39-34(37)41-27/h4,6,21-22,24-25,40,45H,3,5,7-20,23H2,1-2H3,(H,38,44)(H3,37,39,41). The van der Waals surface area contributed by atoms with Crippen LogP contribution in [0.25, 0.3) is 0 Å². The summed E-state index contributed by atoms with van der Waals surface area (Å²) in [6.45, 7) is 5.74. The van der Waals surface area contributed by atoms with Crippen LogP contribution in [-0.4, -0.2) is 52.5 Å². The molecule has 2 rings (SSSR count). The van der Waals surface area contributed by atoms with Gasteiger partial charge in [0.1, 0.15) is 11.5 Å². The lowest BCUT2D eigenvalue weighted by molar-refractivity contribution is -0.151. The zero-order valence-corrected chi connectivity index (χ0v) is 31.0. The molecular formula is C34H52Br2N6O5. The highest BCUT2D eigenvalue weighted by molar-refractivity contribution is 9.11. The summed E-state index contributed by atoms with van der Waals surface area (Å²) in [5.74, 6) is 1.00. The van der Waals surface area contributed by atoms with Crippen LogP contribution in [0.1, 0.15) is 102 Å². The number of amides is 1. The van der Waals surface area contributed by atoms with E-state index in [0.29, 0.717) is 59.6 Å². The van der Waals surface area contributed by atoms with E-state index in [4.69, 9.17) is 15.3 Å². The van der Waals surface area contributed by atoms with Crippen molar-refractivity contribution in [2.45, 2.75) is 104 Å². The van der Waals surface area contributed by atoms with E-state index in [2.05, 4.69) is 83.8 Å². The number of ether oxygens (including phenoxy) is 1. The van der Waals surface area contributed by atoms with Crippen molar-refractivity contribution in [2.24, 2.45) is 11.1 Å². The summed E-state index contributed by atoms with van der Waals surface area (Å²) in [5.41, 5.74) is 9.79. The molecular weight excluding hydrogens is 732 g/mol. The maximum Gasteiger partial charge on any atom is 0.324 e. The van der Waals surface area contributed by atoms with Gasteiger partial charge in [0, 0.05) is 38.0 Å². The highest BCUT2D eigenvalue weighted by Crippen LogP contribution is 2.35. The van der Waals surface area contributed by atoms with E-state index in [-0.39, 0.29) is 18.1 Å². The van der Waals surface area contributed by atoms with Crippen LogP contribution in [0.4, 0.5) is 5.95 Å². The van der Waals surface area contributed by atoms with Gasteiger partial charge in [0.2, 0.25) is 0 Å². The quantitative estimate of drug-likeness (QED) is 0.0226. The van der Waals surface area contributed by atoms with Crippen LogP contribution in [0.15, 0.2) is 44.6 Å². The number of rotatable bonds is 25. The lowest BCUT2D eigenvalue weighted by Crippen LogP contribution is -2.33. The molecule has 1 amide bonds. The number of anilines is 1. The van der Waals surface area contributed by atoms with Crippen molar-refractivity contribution in [2.75, 3.05) is 25.4 Å². The first-order valence-corrected chi connectivity index (χ1v) is 18.2. The number of benzene rings is 1. The van der Waals surface area contributed by atoms with Gasteiger partial charge in [-0.2, -0.15) is 5.48 Å². The number of hydrogen-bond acceptors (Lipinski definition) is 9. The number of carbonyl (C=O) groups is 2. The Balaban J connectivity index is 1.53. The Kier molecular flexibility index (Phi) is 20.8. The number of halogens is 2. The van der Waals surface area contributed by atoms with Gasteiger partial charge in [0.15, 0.2) is 5.95 Å². The Morgan fingerprint density at radius 2 is 1.70 bits per heavy atom. The average Bonchev–Trinajstić information content (AvgIpc) is 3.45. The zero-order chi connectivity index (χ0) is 34.3. The predicted molar refractivity (Wildman–Crippen MR) is 193 cm³/mol. The second-order valence-electron chi connectivity index (χ2n) is 11.9. The number of nitrogens with one attached hydrogen (secondary N) is 3. The van der Waals surface area contributed by atoms with Gasteiger partial charge in [-0.3, -0.25) is 9.59 Å². The summed E-state index contributed by atoms with van der Waals surface area (Å²) >= 11 is 7.04. The van der Waals surface area contributed by atoms with Gasteiger partial charge in [-0.1, -0.05) is 63.3 Å². The third-order valence-electron chi connectivity index (χ3n) is 7.32. The van der Waals surface area contributed by atoms with Crippen LogP contribution in [0, 0.1) is 5.92 Å². The normalized spacial score (nSPS) is 11.8. The van der Waals surface area contributed by atoms with E-state index in [1.165, 1.54) is 38.5 Å². The first kappa shape index (κ1) is 40.3. The summed E-state index contributed by atoms with van der Waals surface area (Å²) in [6.07, 6.45) is 19.6. The number of hydroxylamine groups is 1. The summed E-state index contributed by atoms with van der Waals surface area (Å²) in [6, 6.07) is 3.61. The summed E-state index contributed by atoms with van der Waals surface area (Å²) in [5, 5.41) is 15.4. The minimum Gasteiger partial charge on any atom is -0.491 e. The summed E-state index contributed by atoms with van der Waals surface area (Å²) in [7, 11) is 0. The van der Waals surface area contributed by atoms with Crippen molar-refractivity contribution in [1.82, 2.24) is 20.8 Å². The van der Waals surface area contributed by atoms with Gasteiger partial charge in [-0.25, -0.2) is 4.98 Å². The number of carbonyl (C=O) groups excluding carboxylic acids is 2. The molecule has 0 spiro atoms.